The van der Waals surface area contributed by atoms with Gasteiger partial charge >= 0.3 is 6.09 Å². The van der Waals surface area contributed by atoms with Gasteiger partial charge in [-0.2, -0.15) is 0 Å². The zero-order valence-electron chi connectivity index (χ0n) is 15.6. The summed E-state index contributed by atoms with van der Waals surface area (Å²) in [6.07, 6.45) is 4.09. The summed E-state index contributed by atoms with van der Waals surface area (Å²) in [5.74, 6) is 0. The van der Waals surface area contributed by atoms with Gasteiger partial charge in [-0.05, 0) is 49.9 Å². The average Bonchev–Trinajstić information content (AvgIpc) is 2.62. The molecule has 0 N–H and O–H groups in total. The van der Waals surface area contributed by atoms with Crippen LogP contribution in [-0.2, 0) is 15.9 Å². The van der Waals surface area contributed by atoms with Gasteiger partial charge in [0.15, 0.2) is 0 Å². The SMILES string of the molecule is CC(C)(C)OC(=O)N1CCOC[C@H]1Cc1cccc(-c2cccnc2)c1. The molecule has 2 aromatic rings. The van der Waals surface area contributed by atoms with Gasteiger partial charge in [-0.3, -0.25) is 4.98 Å². The number of amides is 1. The molecule has 1 aromatic carbocycles. The van der Waals surface area contributed by atoms with Crippen LogP contribution in [0.25, 0.3) is 11.1 Å². The molecule has 138 valence electrons. The first-order valence-corrected chi connectivity index (χ1v) is 8.99. The molecule has 2 heterocycles. The van der Waals surface area contributed by atoms with Crippen LogP contribution in [-0.4, -0.2) is 47.4 Å². The number of pyridine rings is 1. The number of carbonyl (C=O) groups is 1. The Labute approximate surface area is 155 Å². The lowest BCUT2D eigenvalue weighted by Crippen LogP contribution is -2.51. The zero-order valence-corrected chi connectivity index (χ0v) is 15.6. The third-order valence-electron chi connectivity index (χ3n) is 4.25. The number of benzene rings is 1. The van der Waals surface area contributed by atoms with Crippen molar-refractivity contribution in [3.05, 3.63) is 54.4 Å². The summed E-state index contributed by atoms with van der Waals surface area (Å²) >= 11 is 0. The van der Waals surface area contributed by atoms with Crippen molar-refractivity contribution in [2.45, 2.75) is 38.8 Å². The molecule has 0 aliphatic carbocycles. The first-order valence-electron chi connectivity index (χ1n) is 8.99. The van der Waals surface area contributed by atoms with Gasteiger partial charge in [0.1, 0.15) is 5.60 Å². The topological polar surface area (TPSA) is 51.7 Å². The van der Waals surface area contributed by atoms with Gasteiger partial charge in [-0.1, -0.05) is 30.3 Å². The molecule has 1 atom stereocenters. The normalized spacial score (nSPS) is 17.8. The van der Waals surface area contributed by atoms with Gasteiger partial charge < -0.3 is 14.4 Å². The van der Waals surface area contributed by atoms with Crippen molar-refractivity contribution in [1.82, 2.24) is 9.88 Å². The average molecular weight is 354 g/mol. The summed E-state index contributed by atoms with van der Waals surface area (Å²) in [6.45, 7) is 7.29. The summed E-state index contributed by atoms with van der Waals surface area (Å²) in [5.41, 5.74) is 2.87. The van der Waals surface area contributed by atoms with Gasteiger partial charge in [0, 0.05) is 18.9 Å². The van der Waals surface area contributed by atoms with Crippen molar-refractivity contribution >= 4 is 6.09 Å². The van der Waals surface area contributed by atoms with Gasteiger partial charge in [0.25, 0.3) is 0 Å². The molecule has 5 heteroatoms. The molecule has 26 heavy (non-hydrogen) atoms. The van der Waals surface area contributed by atoms with Crippen LogP contribution >= 0.6 is 0 Å². The molecule has 0 unspecified atom stereocenters. The van der Waals surface area contributed by atoms with Crippen LogP contribution in [0.3, 0.4) is 0 Å². The summed E-state index contributed by atoms with van der Waals surface area (Å²) < 4.78 is 11.2. The van der Waals surface area contributed by atoms with Crippen molar-refractivity contribution in [3.8, 4) is 11.1 Å². The number of hydrogen-bond donors (Lipinski definition) is 0. The molecule has 1 amide bonds. The fraction of sp³-hybridized carbons (Fsp3) is 0.429. The minimum Gasteiger partial charge on any atom is -0.444 e. The number of morpholine rings is 1. The van der Waals surface area contributed by atoms with E-state index in [4.69, 9.17) is 9.47 Å². The van der Waals surface area contributed by atoms with Crippen LogP contribution in [0.4, 0.5) is 4.79 Å². The Kier molecular flexibility index (Phi) is 5.57. The third kappa shape index (κ3) is 4.82. The van der Waals surface area contributed by atoms with Crippen LogP contribution in [0.2, 0.25) is 0 Å². The fourth-order valence-corrected chi connectivity index (χ4v) is 3.07. The van der Waals surface area contributed by atoms with E-state index in [9.17, 15) is 4.79 Å². The summed E-state index contributed by atoms with van der Waals surface area (Å²) in [7, 11) is 0. The molecule has 1 fully saturated rings. The lowest BCUT2D eigenvalue weighted by Gasteiger charge is -2.36. The van der Waals surface area contributed by atoms with E-state index in [1.807, 2.05) is 45.2 Å². The lowest BCUT2D eigenvalue weighted by molar-refractivity contribution is -0.0319. The Hall–Kier alpha value is -2.40. The highest BCUT2D eigenvalue weighted by molar-refractivity contribution is 5.69. The van der Waals surface area contributed by atoms with Crippen molar-refractivity contribution in [1.29, 1.82) is 0 Å². The number of carbonyl (C=O) groups excluding carboxylic acids is 1. The van der Waals surface area contributed by atoms with E-state index in [0.29, 0.717) is 19.8 Å². The molecular weight excluding hydrogens is 328 g/mol. The monoisotopic (exact) mass is 354 g/mol. The van der Waals surface area contributed by atoms with E-state index in [-0.39, 0.29) is 12.1 Å². The van der Waals surface area contributed by atoms with Crippen LogP contribution < -0.4 is 0 Å². The predicted molar refractivity (Wildman–Crippen MR) is 101 cm³/mol. The molecule has 5 nitrogen and oxygen atoms in total. The Morgan fingerprint density at radius 1 is 1.27 bits per heavy atom. The molecule has 1 aliphatic heterocycles. The van der Waals surface area contributed by atoms with Crippen LogP contribution in [0.5, 0.6) is 0 Å². The molecule has 0 saturated carbocycles. The summed E-state index contributed by atoms with van der Waals surface area (Å²) in [4.78, 5) is 18.5. The van der Waals surface area contributed by atoms with E-state index in [2.05, 4.69) is 23.2 Å². The maximum atomic E-state index is 12.5. The first-order chi connectivity index (χ1) is 12.4. The molecule has 1 saturated heterocycles. The van der Waals surface area contributed by atoms with E-state index < -0.39 is 5.60 Å². The smallest absolute Gasteiger partial charge is 0.410 e. The van der Waals surface area contributed by atoms with Crippen LogP contribution in [0.15, 0.2) is 48.8 Å². The Morgan fingerprint density at radius 3 is 2.81 bits per heavy atom. The molecular formula is C21H26N2O3. The third-order valence-corrected chi connectivity index (χ3v) is 4.25. The number of aromatic nitrogens is 1. The number of rotatable bonds is 3. The molecule has 0 bridgehead atoms. The van der Waals surface area contributed by atoms with E-state index >= 15 is 0 Å². The highest BCUT2D eigenvalue weighted by Gasteiger charge is 2.31. The molecule has 0 spiro atoms. The minimum atomic E-state index is -0.500. The standard InChI is InChI=1S/C21H26N2O3/c1-21(2,3)26-20(24)23-10-11-25-15-19(23)13-16-6-4-7-17(12-16)18-8-5-9-22-14-18/h4-9,12,14,19H,10-11,13,15H2,1-3H3/t19-/m1/s1. The van der Waals surface area contributed by atoms with Gasteiger partial charge in [0.2, 0.25) is 0 Å². The van der Waals surface area contributed by atoms with E-state index in [1.54, 1.807) is 11.1 Å². The molecule has 3 rings (SSSR count). The Morgan fingerprint density at radius 2 is 2.08 bits per heavy atom. The number of hydrogen-bond acceptors (Lipinski definition) is 4. The van der Waals surface area contributed by atoms with E-state index in [0.717, 1.165) is 23.1 Å². The summed E-state index contributed by atoms with van der Waals surface area (Å²) in [5, 5.41) is 0. The Balaban J connectivity index is 1.75. The second-order valence-corrected chi connectivity index (χ2v) is 7.55. The highest BCUT2D eigenvalue weighted by atomic mass is 16.6. The predicted octanol–water partition coefficient (Wildman–Crippen LogP) is 3.93. The Bertz CT molecular complexity index is 740. The van der Waals surface area contributed by atoms with Crippen molar-refractivity contribution in [2.75, 3.05) is 19.8 Å². The maximum Gasteiger partial charge on any atom is 0.410 e. The summed E-state index contributed by atoms with van der Waals surface area (Å²) in [6, 6.07) is 12.3. The van der Waals surface area contributed by atoms with Gasteiger partial charge in [-0.15, -0.1) is 0 Å². The fourth-order valence-electron chi connectivity index (χ4n) is 3.07. The van der Waals surface area contributed by atoms with Gasteiger partial charge in [-0.25, -0.2) is 4.79 Å². The first kappa shape index (κ1) is 18.4. The second kappa shape index (κ2) is 7.87. The zero-order chi connectivity index (χ0) is 18.6. The number of ether oxygens (including phenoxy) is 2. The quantitative estimate of drug-likeness (QED) is 0.838. The lowest BCUT2D eigenvalue weighted by atomic mass is 9.99. The number of nitrogens with zero attached hydrogens (tertiary/aromatic N) is 2. The van der Waals surface area contributed by atoms with Crippen molar-refractivity contribution < 1.29 is 14.3 Å². The second-order valence-electron chi connectivity index (χ2n) is 7.55. The molecule has 0 radical (unpaired) electrons. The molecule has 1 aromatic heterocycles. The van der Waals surface area contributed by atoms with Crippen molar-refractivity contribution in [3.63, 3.8) is 0 Å². The maximum absolute atomic E-state index is 12.5. The largest absolute Gasteiger partial charge is 0.444 e. The van der Waals surface area contributed by atoms with Crippen LogP contribution in [0.1, 0.15) is 26.3 Å². The van der Waals surface area contributed by atoms with Crippen LogP contribution in [0, 0.1) is 0 Å². The molecule has 1 aliphatic rings. The van der Waals surface area contributed by atoms with Gasteiger partial charge in [0.05, 0.1) is 19.3 Å². The highest BCUT2D eigenvalue weighted by Crippen LogP contribution is 2.22. The minimum absolute atomic E-state index is 0.0252. The van der Waals surface area contributed by atoms with Crippen molar-refractivity contribution in [2.24, 2.45) is 0 Å². The van der Waals surface area contributed by atoms with E-state index in [1.165, 1.54) is 0 Å².